The van der Waals surface area contributed by atoms with Crippen molar-refractivity contribution in [2.75, 3.05) is 0 Å². The predicted molar refractivity (Wildman–Crippen MR) is 197 cm³/mol. The van der Waals surface area contributed by atoms with Gasteiger partial charge in [-0.2, -0.15) is 10.5 Å². The molecule has 49 heavy (non-hydrogen) atoms. The number of pyridine rings is 1. The highest BCUT2D eigenvalue weighted by Crippen LogP contribution is 2.41. The van der Waals surface area contributed by atoms with Crippen LogP contribution in [-0.4, -0.2) is 18.7 Å². The molecule has 6 aromatic carbocycles. The van der Waals surface area contributed by atoms with Crippen molar-refractivity contribution in [3.8, 4) is 29.5 Å². The van der Waals surface area contributed by atoms with E-state index in [1.54, 1.807) is 0 Å². The minimum atomic E-state index is 0.568. The summed E-state index contributed by atoms with van der Waals surface area (Å²) in [6.45, 7) is 0. The predicted octanol–water partition coefficient (Wildman–Crippen LogP) is 10.1. The van der Waals surface area contributed by atoms with Crippen molar-refractivity contribution in [2.45, 2.75) is 0 Å². The Morgan fingerprint density at radius 1 is 0.388 bits per heavy atom. The molecule has 0 saturated carbocycles. The maximum absolute atomic E-state index is 9.70. The lowest BCUT2D eigenvalue weighted by Crippen LogP contribution is -2.04. The molecule has 4 aromatic heterocycles. The van der Waals surface area contributed by atoms with Gasteiger partial charge < -0.3 is 4.57 Å². The lowest BCUT2D eigenvalue weighted by Gasteiger charge is -2.13. The molecular weight excluding hydrogens is 601 g/mol. The number of para-hydroxylation sites is 3. The zero-order valence-electron chi connectivity index (χ0n) is 26.0. The molecule has 6 heteroatoms. The SMILES string of the molecule is N#Cc1ccc2c(c1)c1cc(C#N)ccc1n2-c1cccc(-n2c3ccccc3c3ccc4c5ccccc5n(-c5ccccc5)c4c32)n1. The lowest BCUT2D eigenvalue weighted by atomic mass is 10.1. The number of hydrogen-bond donors (Lipinski definition) is 0. The van der Waals surface area contributed by atoms with Gasteiger partial charge in [-0.05, 0) is 72.8 Å². The van der Waals surface area contributed by atoms with Gasteiger partial charge in [-0.15, -0.1) is 0 Å². The number of rotatable bonds is 3. The van der Waals surface area contributed by atoms with Crippen molar-refractivity contribution >= 4 is 65.4 Å². The minimum Gasteiger partial charge on any atom is -0.307 e. The molecule has 0 radical (unpaired) electrons. The number of nitriles is 2. The van der Waals surface area contributed by atoms with E-state index in [0.717, 1.165) is 72.0 Å². The third kappa shape index (κ3) is 3.77. The highest BCUT2D eigenvalue weighted by atomic mass is 15.1. The van der Waals surface area contributed by atoms with E-state index in [2.05, 4.69) is 129 Å². The molecule has 0 fully saturated rings. The smallest absolute Gasteiger partial charge is 0.140 e. The zero-order valence-corrected chi connectivity index (χ0v) is 26.0. The number of nitrogens with zero attached hydrogens (tertiary/aromatic N) is 6. The van der Waals surface area contributed by atoms with Crippen LogP contribution in [0.3, 0.4) is 0 Å². The Morgan fingerprint density at radius 2 is 0.878 bits per heavy atom. The van der Waals surface area contributed by atoms with E-state index >= 15 is 0 Å². The van der Waals surface area contributed by atoms with Crippen LogP contribution in [0, 0.1) is 22.7 Å². The van der Waals surface area contributed by atoms with Crippen LogP contribution >= 0.6 is 0 Å². The van der Waals surface area contributed by atoms with Crippen molar-refractivity contribution in [2.24, 2.45) is 0 Å². The van der Waals surface area contributed by atoms with Crippen LogP contribution in [0.4, 0.5) is 0 Å². The summed E-state index contributed by atoms with van der Waals surface area (Å²) in [7, 11) is 0. The Balaban J connectivity index is 1.33. The van der Waals surface area contributed by atoms with Crippen molar-refractivity contribution in [3.05, 3.63) is 157 Å². The summed E-state index contributed by atoms with van der Waals surface area (Å²) in [5.74, 6) is 1.53. The number of aromatic nitrogens is 4. The monoisotopic (exact) mass is 624 g/mol. The van der Waals surface area contributed by atoms with E-state index in [-0.39, 0.29) is 0 Å². The number of fused-ring (bicyclic) bond motifs is 10. The highest BCUT2D eigenvalue weighted by molar-refractivity contribution is 6.23. The van der Waals surface area contributed by atoms with Crippen LogP contribution in [0.2, 0.25) is 0 Å². The zero-order chi connectivity index (χ0) is 32.6. The summed E-state index contributed by atoms with van der Waals surface area (Å²) in [5.41, 5.74) is 8.50. The van der Waals surface area contributed by atoms with Crippen molar-refractivity contribution in [1.29, 1.82) is 10.5 Å². The van der Waals surface area contributed by atoms with Crippen LogP contribution in [0.25, 0.3) is 82.7 Å². The van der Waals surface area contributed by atoms with Crippen LogP contribution in [0.1, 0.15) is 11.1 Å². The first-order valence-corrected chi connectivity index (χ1v) is 16.1. The van der Waals surface area contributed by atoms with Gasteiger partial charge in [-0.25, -0.2) is 4.98 Å². The summed E-state index contributed by atoms with van der Waals surface area (Å²) >= 11 is 0. The van der Waals surface area contributed by atoms with Crippen LogP contribution in [-0.2, 0) is 0 Å². The van der Waals surface area contributed by atoms with E-state index in [0.29, 0.717) is 11.1 Å². The summed E-state index contributed by atoms with van der Waals surface area (Å²) < 4.78 is 6.80. The molecule has 10 rings (SSSR count). The Kier molecular flexibility index (Phi) is 5.61. The molecule has 226 valence electrons. The average molecular weight is 625 g/mol. The normalized spacial score (nSPS) is 11.6. The first-order valence-electron chi connectivity index (χ1n) is 16.1. The van der Waals surface area contributed by atoms with Crippen molar-refractivity contribution in [3.63, 3.8) is 0 Å². The standard InChI is InChI=1S/C43H24N6/c44-25-27-17-21-38-34(23-27)35-24-28(26-45)18-22-39(35)48(38)40-15-8-16-41(46-40)49-37-14-7-5-12-31(37)33-20-19-32-30-11-4-6-13-36(30)47(42(32)43(33)49)29-9-2-1-3-10-29/h1-24H. The maximum atomic E-state index is 9.70. The van der Waals surface area contributed by atoms with Gasteiger partial charge in [0.2, 0.25) is 0 Å². The Hall–Kier alpha value is -7.15. The molecule has 0 N–H and O–H groups in total. The minimum absolute atomic E-state index is 0.568. The van der Waals surface area contributed by atoms with Gasteiger partial charge in [-0.3, -0.25) is 9.13 Å². The van der Waals surface area contributed by atoms with Gasteiger partial charge in [0.1, 0.15) is 11.6 Å². The highest BCUT2D eigenvalue weighted by Gasteiger charge is 2.22. The Morgan fingerprint density at radius 3 is 1.47 bits per heavy atom. The van der Waals surface area contributed by atoms with E-state index < -0.39 is 0 Å². The molecule has 0 spiro atoms. The fourth-order valence-corrected chi connectivity index (χ4v) is 7.65. The fraction of sp³-hybridized carbons (Fsp3) is 0. The third-order valence-electron chi connectivity index (χ3n) is 9.68. The molecule has 6 nitrogen and oxygen atoms in total. The fourth-order valence-electron chi connectivity index (χ4n) is 7.65. The summed E-state index contributed by atoms with van der Waals surface area (Å²) in [5, 5.41) is 25.9. The van der Waals surface area contributed by atoms with Crippen molar-refractivity contribution < 1.29 is 0 Å². The van der Waals surface area contributed by atoms with Crippen LogP contribution < -0.4 is 0 Å². The van der Waals surface area contributed by atoms with E-state index in [4.69, 9.17) is 4.98 Å². The van der Waals surface area contributed by atoms with Gasteiger partial charge in [0.25, 0.3) is 0 Å². The first kappa shape index (κ1) is 27.0. The van der Waals surface area contributed by atoms with Gasteiger partial charge in [0.05, 0.1) is 56.4 Å². The first-order chi connectivity index (χ1) is 24.2. The summed E-state index contributed by atoms with van der Waals surface area (Å²) in [4.78, 5) is 5.39. The summed E-state index contributed by atoms with van der Waals surface area (Å²) in [6.07, 6.45) is 0. The van der Waals surface area contributed by atoms with Crippen molar-refractivity contribution in [1.82, 2.24) is 18.7 Å². The second kappa shape index (κ2) is 10.2. The van der Waals surface area contributed by atoms with Gasteiger partial charge in [0, 0.05) is 38.0 Å². The third-order valence-corrected chi connectivity index (χ3v) is 9.68. The molecule has 4 heterocycles. The molecular formula is C43H24N6. The quantitative estimate of drug-likeness (QED) is 0.196. The van der Waals surface area contributed by atoms with Gasteiger partial charge >= 0.3 is 0 Å². The average Bonchev–Trinajstić information content (AvgIpc) is 3.80. The number of benzene rings is 6. The Labute approximate surface area is 280 Å². The van der Waals surface area contributed by atoms with E-state index in [9.17, 15) is 10.5 Å². The van der Waals surface area contributed by atoms with E-state index in [1.165, 1.54) is 10.8 Å². The topological polar surface area (TPSA) is 75.3 Å². The maximum Gasteiger partial charge on any atom is 0.140 e. The molecule has 0 amide bonds. The summed E-state index contributed by atoms with van der Waals surface area (Å²) in [6, 6.07) is 54.2. The second-order valence-electron chi connectivity index (χ2n) is 12.3. The second-order valence-corrected chi connectivity index (χ2v) is 12.3. The molecule has 0 saturated heterocycles. The number of hydrogen-bond acceptors (Lipinski definition) is 3. The van der Waals surface area contributed by atoms with Crippen LogP contribution in [0.15, 0.2) is 146 Å². The molecule has 0 aliphatic rings. The molecule has 0 aliphatic carbocycles. The Bertz CT molecular complexity index is 3000. The van der Waals surface area contributed by atoms with E-state index in [1.807, 2.05) is 42.5 Å². The lowest BCUT2D eigenvalue weighted by molar-refractivity contribution is 1.01. The molecule has 10 aromatic rings. The molecule has 0 bridgehead atoms. The largest absolute Gasteiger partial charge is 0.307 e. The van der Waals surface area contributed by atoms with Gasteiger partial charge in [-0.1, -0.05) is 72.8 Å². The molecule has 0 aliphatic heterocycles. The van der Waals surface area contributed by atoms with Crippen LogP contribution in [0.5, 0.6) is 0 Å². The van der Waals surface area contributed by atoms with Gasteiger partial charge in [0.15, 0.2) is 0 Å². The molecule has 0 unspecified atom stereocenters. The molecule has 0 atom stereocenters.